The van der Waals surface area contributed by atoms with Gasteiger partial charge in [0.25, 0.3) is 0 Å². The van der Waals surface area contributed by atoms with E-state index in [4.69, 9.17) is 9.47 Å². The number of amides is 1. The molecule has 1 N–H and O–H groups in total. The molecule has 0 aromatic heterocycles. The van der Waals surface area contributed by atoms with Gasteiger partial charge < -0.3 is 19.5 Å². The quantitative estimate of drug-likeness (QED) is 0.906. The molecule has 5 nitrogen and oxygen atoms in total. The fraction of sp³-hybridized carbons (Fsp3) is 0.350. The zero-order valence-corrected chi connectivity index (χ0v) is 14.6. The van der Waals surface area contributed by atoms with E-state index in [0.29, 0.717) is 12.1 Å². The zero-order chi connectivity index (χ0) is 17.8. The van der Waals surface area contributed by atoms with Crippen molar-refractivity contribution >= 4 is 5.91 Å². The van der Waals surface area contributed by atoms with E-state index in [1.807, 2.05) is 29.2 Å². The van der Waals surface area contributed by atoms with Crippen LogP contribution in [0.2, 0.25) is 0 Å². The van der Waals surface area contributed by atoms with E-state index >= 15 is 0 Å². The van der Waals surface area contributed by atoms with E-state index in [1.165, 1.54) is 0 Å². The van der Waals surface area contributed by atoms with Crippen LogP contribution in [-0.2, 0) is 11.2 Å². The molecule has 132 valence electrons. The summed E-state index contributed by atoms with van der Waals surface area (Å²) in [5.41, 5.74) is 1.64. The lowest BCUT2D eigenvalue weighted by molar-refractivity contribution is -0.131. The van der Waals surface area contributed by atoms with E-state index in [9.17, 15) is 9.90 Å². The van der Waals surface area contributed by atoms with Crippen molar-refractivity contribution in [2.24, 2.45) is 0 Å². The van der Waals surface area contributed by atoms with Gasteiger partial charge in [-0.25, -0.2) is 0 Å². The number of rotatable bonds is 5. The average Bonchev–Trinajstić information content (AvgIpc) is 3.12. The van der Waals surface area contributed by atoms with Crippen LogP contribution in [0.25, 0.3) is 0 Å². The van der Waals surface area contributed by atoms with Gasteiger partial charge in [0.15, 0.2) is 0 Å². The minimum Gasteiger partial charge on any atom is -0.508 e. The van der Waals surface area contributed by atoms with Crippen molar-refractivity contribution in [1.82, 2.24) is 4.90 Å². The first kappa shape index (κ1) is 17.1. The molecule has 0 unspecified atom stereocenters. The van der Waals surface area contributed by atoms with Crippen LogP contribution in [0.4, 0.5) is 0 Å². The van der Waals surface area contributed by atoms with Crippen LogP contribution < -0.4 is 9.47 Å². The Hall–Kier alpha value is -2.69. The number of para-hydroxylation sites is 1. The van der Waals surface area contributed by atoms with Gasteiger partial charge in [0, 0.05) is 23.7 Å². The molecule has 1 fully saturated rings. The van der Waals surface area contributed by atoms with Crippen LogP contribution in [0.3, 0.4) is 0 Å². The van der Waals surface area contributed by atoms with E-state index in [-0.39, 0.29) is 24.1 Å². The van der Waals surface area contributed by atoms with Crippen molar-refractivity contribution < 1.29 is 19.4 Å². The van der Waals surface area contributed by atoms with Crippen LogP contribution in [0, 0.1) is 0 Å². The number of hydrogen-bond donors (Lipinski definition) is 1. The van der Waals surface area contributed by atoms with Crippen LogP contribution in [0.15, 0.2) is 42.5 Å². The van der Waals surface area contributed by atoms with Gasteiger partial charge in [-0.3, -0.25) is 4.79 Å². The van der Waals surface area contributed by atoms with Crippen molar-refractivity contribution in [2.45, 2.75) is 25.3 Å². The van der Waals surface area contributed by atoms with Crippen LogP contribution in [0.5, 0.6) is 17.2 Å². The lowest BCUT2D eigenvalue weighted by Gasteiger charge is -2.27. The maximum Gasteiger partial charge on any atom is 0.227 e. The summed E-state index contributed by atoms with van der Waals surface area (Å²) in [6.07, 6.45) is 2.04. The number of phenolic OH excluding ortho intramolecular Hbond substituents is 1. The summed E-state index contributed by atoms with van der Waals surface area (Å²) in [5.74, 6) is 1.63. The molecule has 0 aliphatic carbocycles. The summed E-state index contributed by atoms with van der Waals surface area (Å²) >= 11 is 0. The Kier molecular flexibility index (Phi) is 5.12. The Morgan fingerprint density at radius 1 is 1.20 bits per heavy atom. The van der Waals surface area contributed by atoms with Crippen molar-refractivity contribution in [2.75, 3.05) is 20.8 Å². The Morgan fingerprint density at radius 3 is 2.72 bits per heavy atom. The SMILES string of the molecule is COc1ccc([C@H]2CCCN2C(=O)Cc2ccccc2O)c(OC)c1. The molecule has 5 heteroatoms. The van der Waals surface area contributed by atoms with Gasteiger partial charge in [0.05, 0.1) is 26.7 Å². The summed E-state index contributed by atoms with van der Waals surface area (Å²) in [5, 5.41) is 9.92. The van der Waals surface area contributed by atoms with Crippen LogP contribution in [0.1, 0.15) is 30.0 Å². The number of carbonyl (C=O) groups excluding carboxylic acids is 1. The predicted octanol–water partition coefficient (Wildman–Crippen LogP) is 3.32. The summed E-state index contributed by atoms with van der Waals surface area (Å²) in [4.78, 5) is 14.7. The summed E-state index contributed by atoms with van der Waals surface area (Å²) in [6.45, 7) is 0.715. The number of methoxy groups -OCH3 is 2. The van der Waals surface area contributed by atoms with E-state index in [1.54, 1.807) is 32.4 Å². The van der Waals surface area contributed by atoms with Gasteiger partial charge in [0.2, 0.25) is 5.91 Å². The molecule has 0 radical (unpaired) electrons. The number of likely N-dealkylation sites (tertiary alicyclic amines) is 1. The summed E-state index contributed by atoms with van der Waals surface area (Å²) in [7, 11) is 3.24. The number of hydrogen-bond acceptors (Lipinski definition) is 4. The smallest absolute Gasteiger partial charge is 0.227 e. The monoisotopic (exact) mass is 341 g/mol. The van der Waals surface area contributed by atoms with Gasteiger partial charge in [-0.15, -0.1) is 0 Å². The summed E-state index contributed by atoms with van der Waals surface area (Å²) < 4.78 is 10.8. The van der Waals surface area contributed by atoms with E-state index < -0.39 is 0 Å². The Labute approximate surface area is 147 Å². The first-order chi connectivity index (χ1) is 12.1. The fourth-order valence-electron chi connectivity index (χ4n) is 3.41. The second kappa shape index (κ2) is 7.47. The van der Waals surface area contributed by atoms with E-state index in [0.717, 1.165) is 29.9 Å². The second-order valence-electron chi connectivity index (χ2n) is 6.16. The maximum absolute atomic E-state index is 12.8. The third-order valence-corrected chi connectivity index (χ3v) is 4.71. The number of nitrogens with zero attached hydrogens (tertiary/aromatic N) is 1. The highest BCUT2D eigenvalue weighted by Crippen LogP contribution is 2.39. The molecule has 0 spiro atoms. The third kappa shape index (κ3) is 3.55. The minimum absolute atomic E-state index is 0.0146. The first-order valence-electron chi connectivity index (χ1n) is 8.42. The number of ether oxygens (including phenoxy) is 2. The van der Waals surface area contributed by atoms with Gasteiger partial charge in [0.1, 0.15) is 17.2 Å². The molecular weight excluding hydrogens is 318 g/mol. The average molecular weight is 341 g/mol. The lowest BCUT2D eigenvalue weighted by atomic mass is 10.0. The van der Waals surface area contributed by atoms with E-state index in [2.05, 4.69) is 0 Å². The molecule has 2 aromatic carbocycles. The van der Waals surface area contributed by atoms with Crippen molar-refractivity contribution in [1.29, 1.82) is 0 Å². The Balaban J connectivity index is 1.83. The topological polar surface area (TPSA) is 59.0 Å². The molecule has 2 aromatic rings. The standard InChI is InChI=1S/C20H23NO4/c1-24-15-9-10-16(19(13-15)25-2)17-7-5-11-21(17)20(23)12-14-6-3-4-8-18(14)22/h3-4,6,8-10,13,17,22H,5,7,11-12H2,1-2H3/t17-/m1/s1. The predicted molar refractivity (Wildman–Crippen MR) is 95.0 cm³/mol. The molecule has 1 aliphatic heterocycles. The molecule has 0 saturated carbocycles. The highest BCUT2D eigenvalue weighted by molar-refractivity contribution is 5.80. The largest absolute Gasteiger partial charge is 0.508 e. The molecule has 1 aliphatic rings. The second-order valence-corrected chi connectivity index (χ2v) is 6.16. The number of aromatic hydroxyl groups is 1. The number of benzene rings is 2. The molecule has 25 heavy (non-hydrogen) atoms. The van der Waals surface area contributed by atoms with Crippen LogP contribution >= 0.6 is 0 Å². The number of phenols is 1. The number of carbonyl (C=O) groups is 1. The fourth-order valence-corrected chi connectivity index (χ4v) is 3.41. The first-order valence-corrected chi connectivity index (χ1v) is 8.42. The van der Waals surface area contributed by atoms with Gasteiger partial charge in [-0.1, -0.05) is 18.2 Å². The van der Waals surface area contributed by atoms with Gasteiger partial charge in [-0.2, -0.15) is 0 Å². The van der Waals surface area contributed by atoms with Crippen molar-refractivity contribution in [3.8, 4) is 17.2 Å². The molecule has 3 rings (SSSR count). The van der Waals surface area contributed by atoms with Crippen molar-refractivity contribution in [3.63, 3.8) is 0 Å². The van der Waals surface area contributed by atoms with Crippen molar-refractivity contribution in [3.05, 3.63) is 53.6 Å². The third-order valence-electron chi connectivity index (χ3n) is 4.71. The summed E-state index contributed by atoms with van der Waals surface area (Å²) in [6, 6.07) is 12.7. The Morgan fingerprint density at radius 2 is 2.00 bits per heavy atom. The molecule has 1 heterocycles. The van der Waals surface area contributed by atoms with Gasteiger partial charge in [-0.05, 0) is 31.0 Å². The van der Waals surface area contributed by atoms with Crippen LogP contribution in [-0.4, -0.2) is 36.7 Å². The lowest BCUT2D eigenvalue weighted by Crippen LogP contribution is -2.32. The minimum atomic E-state index is -0.0146. The molecule has 1 atom stereocenters. The molecule has 1 saturated heterocycles. The normalized spacial score (nSPS) is 16.7. The highest BCUT2D eigenvalue weighted by Gasteiger charge is 2.32. The zero-order valence-electron chi connectivity index (χ0n) is 14.6. The maximum atomic E-state index is 12.8. The highest BCUT2D eigenvalue weighted by atomic mass is 16.5. The molecule has 1 amide bonds. The van der Waals surface area contributed by atoms with Gasteiger partial charge >= 0.3 is 0 Å². The molecular formula is C20H23NO4. The molecule has 0 bridgehead atoms. The Bertz CT molecular complexity index is 759.